The highest BCUT2D eigenvalue weighted by molar-refractivity contribution is 8.00. The van der Waals surface area contributed by atoms with E-state index in [9.17, 15) is 4.79 Å². The van der Waals surface area contributed by atoms with Gasteiger partial charge in [0.25, 0.3) is 0 Å². The molecule has 2 aromatic carbocycles. The molecule has 0 radical (unpaired) electrons. The Morgan fingerprint density at radius 3 is 2.54 bits per heavy atom. The number of fused-ring (bicyclic) bond motifs is 1. The van der Waals surface area contributed by atoms with Crippen LogP contribution in [0.25, 0.3) is 10.9 Å². The van der Waals surface area contributed by atoms with Gasteiger partial charge in [0.1, 0.15) is 16.1 Å². The van der Waals surface area contributed by atoms with Gasteiger partial charge in [-0.15, -0.1) is 0 Å². The number of aryl methyl sites for hydroxylation is 1. The van der Waals surface area contributed by atoms with E-state index in [1.165, 1.54) is 11.8 Å². The van der Waals surface area contributed by atoms with Gasteiger partial charge in [0, 0.05) is 5.39 Å². The molecule has 0 spiro atoms. The van der Waals surface area contributed by atoms with E-state index in [2.05, 4.69) is 9.97 Å². The summed E-state index contributed by atoms with van der Waals surface area (Å²) >= 11 is 1.41. The second-order valence-electron chi connectivity index (χ2n) is 5.25. The molecule has 4 nitrogen and oxygen atoms in total. The highest BCUT2D eigenvalue weighted by atomic mass is 32.2. The van der Waals surface area contributed by atoms with E-state index in [-0.39, 0.29) is 5.97 Å². The SMILES string of the molecule is CCOC(=O)[C@H](Sc1nc(C)nc2ccccc12)c1ccccc1. The summed E-state index contributed by atoms with van der Waals surface area (Å²) in [6.07, 6.45) is 0. The lowest BCUT2D eigenvalue weighted by Crippen LogP contribution is -2.13. The van der Waals surface area contributed by atoms with Crippen molar-refractivity contribution in [3.63, 3.8) is 0 Å². The van der Waals surface area contributed by atoms with Gasteiger partial charge in [0.05, 0.1) is 12.1 Å². The van der Waals surface area contributed by atoms with Gasteiger partial charge in [0.2, 0.25) is 0 Å². The Hall–Kier alpha value is -2.40. The Morgan fingerprint density at radius 1 is 1.08 bits per heavy atom. The molecule has 1 heterocycles. The first kappa shape index (κ1) is 16.5. The Kier molecular flexibility index (Phi) is 5.11. The molecule has 0 fully saturated rings. The maximum Gasteiger partial charge on any atom is 0.324 e. The van der Waals surface area contributed by atoms with E-state index in [4.69, 9.17) is 4.74 Å². The summed E-state index contributed by atoms with van der Waals surface area (Å²) in [7, 11) is 0. The van der Waals surface area contributed by atoms with Crippen molar-refractivity contribution >= 4 is 28.6 Å². The van der Waals surface area contributed by atoms with Crippen molar-refractivity contribution in [1.82, 2.24) is 9.97 Å². The Bertz CT molecular complexity index is 852. The van der Waals surface area contributed by atoms with Gasteiger partial charge >= 0.3 is 5.97 Å². The van der Waals surface area contributed by atoms with Crippen LogP contribution in [0.1, 0.15) is 23.6 Å². The van der Waals surface area contributed by atoms with E-state index in [1.54, 1.807) is 0 Å². The molecule has 0 saturated heterocycles. The van der Waals surface area contributed by atoms with E-state index in [0.717, 1.165) is 21.5 Å². The number of hydrogen-bond acceptors (Lipinski definition) is 5. The number of benzene rings is 2. The topological polar surface area (TPSA) is 52.1 Å². The molecule has 122 valence electrons. The molecule has 0 unspecified atom stereocenters. The van der Waals surface area contributed by atoms with Crippen LogP contribution < -0.4 is 0 Å². The summed E-state index contributed by atoms with van der Waals surface area (Å²) in [6.45, 7) is 4.03. The van der Waals surface area contributed by atoms with Gasteiger partial charge in [-0.1, -0.05) is 60.3 Å². The molecule has 0 amide bonds. The second kappa shape index (κ2) is 7.45. The summed E-state index contributed by atoms with van der Waals surface area (Å²) in [5.41, 5.74) is 1.78. The van der Waals surface area contributed by atoms with Crippen molar-refractivity contribution in [2.45, 2.75) is 24.1 Å². The molecule has 1 atom stereocenters. The maximum atomic E-state index is 12.5. The molecule has 0 aliphatic rings. The molecule has 3 aromatic rings. The number of esters is 1. The molecule has 3 rings (SSSR count). The zero-order chi connectivity index (χ0) is 16.9. The predicted molar refractivity (Wildman–Crippen MR) is 95.9 cm³/mol. The Balaban J connectivity index is 2.03. The summed E-state index contributed by atoms with van der Waals surface area (Å²) in [5, 5.41) is 1.28. The Labute approximate surface area is 145 Å². The van der Waals surface area contributed by atoms with Gasteiger partial charge < -0.3 is 4.74 Å². The van der Waals surface area contributed by atoms with Crippen LogP contribution >= 0.6 is 11.8 Å². The first-order valence-corrected chi connectivity index (χ1v) is 8.68. The number of hydrogen-bond donors (Lipinski definition) is 0. The zero-order valence-electron chi connectivity index (χ0n) is 13.6. The fourth-order valence-corrected chi connectivity index (χ4v) is 3.62. The third-order valence-corrected chi connectivity index (χ3v) is 4.75. The van der Waals surface area contributed by atoms with Crippen molar-refractivity contribution in [3.05, 3.63) is 66.0 Å². The van der Waals surface area contributed by atoms with Crippen LogP contribution in [-0.2, 0) is 9.53 Å². The molecular formula is C19H18N2O2S. The van der Waals surface area contributed by atoms with Gasteiger partial charge in [-0.25, -0.2) is 9.97 Å². The first-order chi connectivity index (χ1) is 11.7. The van der Waals surface area contributed by atoms with Crippen LogP contribution in [0, 0.1) is 6.92 Å². The number of rotatable bonds is 5. The zero-order valence-corrected chi connectivity index (χ0v) is 14.4. The molecule has 5 heteroatoms. The largest absolute Gasteiger partial charge is 0.465 e. The average Bonchev–Trinajstić information content (AvgIpc) is 2.60. The van der Waals surface area contributed by atoms with Crippen LogP contribution in [0.15, 0.2) is 59.6 Å². The van der Waals surface area contributed by atoms with Crippen LogP contribution in [0.5, 0.6) is 0 Å². The minimum absolute atomic E-state index is 0.256. The predicted octanol–water partition coefficient (Wildman–Crippen LogP) is 4.33. The third kappa shape index (κ3) is 3.57. The van der Waals surface area contributed by atoms with Crippen molar-refractivity contribution in [2.75, 3.05) is 6.61 Å². The van der Waals surface area contributed by atoms with Crippen LogP contribution in [0.2, 0.25) is 0 Å². The van der Waals surface area contributed by atoms with Crippen molar-refractivity contribution in [3.8, 4) is 0 Å². The number of nitrogens with zero attached hydrogens (tertiary/aromatic N) is 2. The molecule has 0 aliphatic carbocycles. The van der Waals surface area contributed by atoms with E-state index in [1.807, 2.05) is 68.4 Å². The minimum atomic E-state index is -0.455. The number of thioether (sulfide) groups is 1. The van der Waals surface area contributed by atoms with Crippen LogP contribution in [-0.4, -0.2) is 22.5 Å². The van der Waals surface area contributed by atoms with Gasteiger partial charge in [0.15, 0.2) is 0 Å². The quantitative estimate of drug-likeness (QED) is 0.394. The summed E-state index contributed by atoms with van der Waals surface area (Å²) < 4.78 is 5.27. The highest BCUT2D eigenvalue weighted by Gasteiger charge is 2.25. The smallest absolute Gasteiger partial charge is 0.324 e. The van der Waals surface area contributed by atoms with Crippen LogP contribution in [0.3, 0.4) is 0 Å². The fourth-order valence-electron chi connectivity index (χ4n) is 2.46. The van der Waals surface area contributed by atoms with Crippen molar-refractivity contribution in [1.29, 1.82) is 0 Å². The minimum Gasteiger partial charge on any atom is -0.465 e. The molecule has 24 heavy (non-hydrogen) atoms. The Morgan fingerprint density at radius 2 is 1.79 bits per heavy atom. The second-order valence-corrected chi connectivity index (χ2v) is 6.35. The van der Waals surface area contributed by atoms with E-state index >= 15 is 0 Å². The lowest BCUT2D eigenvalue weighted by molar-refractivity contribution is -0.142. The van der Waals surface area contributed by atoms with Crippen molar-refractivity contribution < 1.29 is 9.53 Å². The lowest BCUT2D eigenvalue weighted by Gasteiger charge is -2.16. The fraction of sp³-hybridized carbons (Fsp3) is 0.211. The highest BCUT2D eigenvalue weighted by Crippen LogP contribution is 2.38. The average molecular weight is 338 g/mol. The van der Waals surface area contributed by atoms with Gasteiger partial charge in [-0.2, -0.15) is 0 Å². The number of aromatic nitrogens is 2. The summed E-state index contributed by atoms with van der Waals surface area (Å²) in [6, 6.07) is 17.5. The normalized spacial score (nSPS) is 12.1. The van der Waals surface area contributed by atoms with E-state index in [0.29, 0.717) is 12.4 Å². The molecule has 0 N–H and O–H groups in total. The number of carbonyl (C=O) groups excluding carboxylic acids is 1. The standard InChI is InChI=1S/C19H18N2O2S/c1-3-23-19(22)17(14-9-5-4-6-10-14)24-18-15-11-7-8-12-16(15)20-13(2)21-18/h4-12,17H,3H2,1-2H3/t17-/m1/s1. The van der Waals surface area contributed by atoms with Crippen molar-refractivity contribution in [2.24, 2.45) is 0 Å². The number of carbonyl (C=O) groups is 1. The van der Waals surface area contributed by atoms with Crippen LogP contribution in [0.4, 0.5) is 0 Å². The molecule has 0 aliphatic heterocycles. The summed E-state index contributed by atoms with van der Waals surface area (Å²) in [5.74, 6) is 0.431. The third-order valence-electron chi connectivity index (χ3n) is 3.51. The first-order valence-electron chi connectivity index (χ1n) is 7.80. The van der Waals surface area contributed by atoms with Gasteiger partial charge in [-0.3, -0.25) is 4.79 Å². The van der Waals surface area contributed by atoms with Gasteiger partial charge in [-0.05, 0) is 25.5 Å². The molecular weight excluding hydrogens is 320 g/mol. The maximum absolute atomic E-state index is 12.5. The molecule has 0 bridgehead atoms. The lowest BCUT2D eigenvalue weighted by atomic mass is 10.1. The molecule has 0 saturated carbocycles. The number of ether oxygens (including phenoxy) is 1. The van der Waals surface area contributed by atoms with E-state index < -0.39 is 5.25 Å². The summed E-state index contributed by atoms with van der Waals surface area (Å²) in [4.78, 5) is 21.5. The number of para-hydroxylation sites is 1. The molecule has 1 aromatic heterocycles. The monoisotopic (exact) mass is 338 g/mol.